The highest BCUT2D eigenvalue weighted by atomic mass is 127. The minimum atomic E-state index is -0.383. The maximum absolute atomic E-state index is 13.8. The van der Waals surface area contributed by atoms with Gasteiger partial charge in [-0.3, -0.25) is 4.99 Å². The highest BCUT2D eigenvalue weighted by Gasteiger charge is 2.24. The zero-order valence-electron chi connectivity index (χ0n) is 17.4. The number of ether oxygens (including phenoxy) is 1. The van der Waals surface area contributed by atoms with Crippen LogP contribution in [0.1, 0.15) is 18.6 Å². The van der Waals surface area contributed by atoms with E-state index in [9.17, 15) is 4.39 Å². The van der Waals surface area contributed by atoms with Gasteiger partial charge < -0.3 is 24.7 Å². The minimum Gasteiger partial charge on any atom is -0.469 e. The van der Waals surface area contributed by atoms with Crippen LogP contribution in [0.4, 0.5) is 10.1 Å². The van der Waals surface area contributed by atoms with Crippen LogP contribution in [-0.4, -0.2) is 51.4 Å². The maximum atomic E-state index is 13.8. The monoisotopic (exact) mass is 562 g/mol. The Hall–Kier alpha value is -1.52. The van der Waals surface area contributed by atoms with Gasteiger partial charge in [-0.2, -0.15) is 0 Å². The molecule has 6 nitrogen and oxygen atoms in total. The lowest BCUT2D eigenvalue weighted by atomic mass is 10.1. The number of anilines is 1. The normalized spacial score (nSPS) is 21.2. The average molecular weight is 563 g/mol. The van der Waals surface area contributed by atoms with Gasteiger partial charge in [0.1, 0.15) is 11.6 Å². The fourth-order valence-corrected chi connectivity index (χ4v) is 3.96. The molecule has 3 heterocycles. The quantitative estimate of drug-likeness (QED) is 0.303. The van der Waals surface area contributed by atoms with E-state index in [1.807, 2.05) is 18.2 Å². The van der Waals surface area contributed by atoms with Gasteiger partial charge in [0.2, 0.25) is 0 Å². The van der Waals surface area contributed by atoms with Crippen LogP contribution in [0.15, 0.2) is 46.0 Å². The van der Waals surface area contributed by atoms with Crippen molar-refractivity contribution in [2.75, 3.05) is 44.3 Å². The average Bonchev–Trinajstić information content (AvgIpc) is 3.51. The molecule has 4 rings (SSSR count). The predicted octanol–water partition coefficient (Wildman–Crippen LogP) is 4.08. The maximum Gasteiger partial charge on any atom is 0.191 e. The van der Waals surface area contributed by atoms with E-state index in [0.29, 0.717) is 5.92 Å². The Morgan fingerprint density at radius 2 is 2.19 bits per heavy atom. The van der Waals surface area contributed by atoms with Crippen molar-refractivity contribution in [2.45, 2.75) is 25.3 Å². The molecule has 170 valence electrons. The van der Waals surface area contributed by atoms with Gasteiger partial charge >= 0.3 is 0 Å². The standard InChI is InChI=1S/C22H28ClFN4O2.HI/c23-20-4-3-18(12-21(20)24)28-9-6-17(14-28)27-22(26-13-16-7-11-29-15-16)25-8-5-19-2-1-10-30-19;/h1-4,10,12,16-17H,5-9,11,13-15H2,(H2,25,26,27);1H. The number of aliphatic imine (C=N–C) groups is 1. The molecule has 0 bridgehead atoms. The number of nitrogens with one attached hydrogen (secondary N) is 2. The molecule has 0 spiro atoms. The van der Waals surface area contributed by atoms with E-state index in [4.69, 9.17) is 25.7 Å². The summed E-state index contributed by atoms with van der Waals surface area (Å²) in [6.45, 7) is 4.72. The third kappa shape index (κ3) is 6.98. The molecule has 2 saturated heterocycles. The molecule has 0 saturated carbocycles. The molecule has 1 aromatic carbocycles. The summed E-state index contributed by atoms with van der Waals surface area (Å²) >= 11 is 5.81. The van der Waals surface area contributed by atoms with Gasteiger partial charge in [0.25, 0.3) is 0 Å². The van der Waals surface area contributed by atoms with Crippen LogP contribution < -0.4 is 15.5 Å². The summed E-state index contributed by atoms with van der Waals surface area (Å²) in [5, 5.41) is 7.13. The van der Waals surface area contributed by atoms with Crippen LogP contribution in [0.2, 0.25) is 5.02 Å². The van der Waals surface area contributed by atoms with Crippen LogP contribution in [0.3, 0.4) is 0 Å². The van der Waals surface area contributed by atoms with Crippen molar-refractivity contribution in [3.8, 4) is 0 Å². The molecule has 0 amide bonds. The molecular formula is C22H29ClFIN4O2. The van der Waals surface area contributed by atoms with E-state index in [0.717, 1.165) is 76.1 Å². The lowest BCUT2D eigenvalue weighted by molar-refractivity contribution is 0.187. The van der Waals surface area contributed by atoms with Crippen molar-refractivity contribution in [1.29, 1.82) is 0 Å². The molecule has 2 aliphatic heterocycles. The summed E-state index contributed by atoms with van der Waals surface area (Å²) in [5.74, 6) is 1.85. The van der Waals surface area contributed by atoms with Crippen LogP contribution >= 0.6 is 35.6 Å². The van der Waals surface area contributed by atoms with Crippen molar-refractivity contribution in [3.63, 3.8) is 0 Å². The Labute approximate surface area is 204 Å². The molecule has 2 fully saturated rings. The molecule has 2 aromatic rings. The highest BCUT2D eigenvalue weighted by molar-refractivity contribution is 14.0. The van der Waals surface area contributed by atoms with Crippen LogP contribution in [0, 0.1) is 11.7 Å². The molecule has 31 heavy (non-hydrogen) atoms. The second-order valence-electron chi connectivity index (χ2n) is 7.85. The first-order valence-electron chi connectivity index (χ1n) is 10.5. The summed E-state index contributed by atoms with van der Waals surface area (Å²) in [5.41, 5.74) is 0.855. The first-order valence-corrected chi connectivity index (χ1v) is 10.9. The van der Waals surface area contributed by atoms with Crippen LogP contribution in [0.25, 0.3) is 0 Å². The Bertz CT molecular complexity index is 846. The number of halogens is 3. The molecular weight excluding hydrogens is 534 g/mol. The van der Waals surface area contributed by atoms with Crippen LogP contribution in [0.5, 0.6) is 0 Å². The molecule has 2 aliphatic rings. The second kappa shape index (κ2) is 11.9. The number of benzene rings is 1. The fraction of sp³-hybridized carbons (Fsp3) is 0.500. The van der Waals surface area contributed by atoms with E-state index < -0.39 is 0 Å². The highest BCUT2D eigenvalue weighted by Crippen LogP contribution is 2.25. The predicted molar refractivity (Wildman–Crippen MR) is 132 cm³/mol. The van der Waals surface area contributed by atoms with Crippen molar-refractivity contribution >= 4 is 47.2 Å². The van der Waals surface area contributed by atoms with E-state index >= 15 is 0 Å². The Morgan fingerprint density at radius 3 is 2.94 bits per heavy atom. The van der Waals surface area contributed by atoms with Gasteiger partial charge in [0.15, 0.2) is 5.96 Å². The van der Waals surface area contributed by atoms with Gasteiger partial charge in [0, 0.05) is 56.9 Å². The number of hydrogen-bond donors (Lipinski definition) is 2. The summed E-state index contributed by atoms with van der Waals surface area (Å²) in [6, 6.07) is 9.08. The number of furan rings is 1. The second-order valence-corrected chi connectivity index (χ2v) is 8.26. The fourth-order valence-electron chi connectivity index (χ4n) is 3.85. The lowest BCUT2D eigenvalue weighted by Gasteiger charge is -2.21. The molecule has 2 unspecified atom stereocenters. The van der Waals surface area contributed by atoms with Gasteiger partial charge in [-0.15, -0.1) is 24.0 Å². The molecule has 1 aromatic heterocycles. The van der Waals surface area contributed by atoms with Crippen molar-refractivity contribution in [3.05, 3.63) is 53.2 Å². The number of hydrogen-bond acceptors (Lipinski definition) is 4. The largest absolute Gasteiger partial charge is 0.469 e. The molecule has 9 heteroatoms. The zero-order valence-corrected chi connectivity index (χ0v) is 20.4. The van der Waals surface area contributed by atoms with Gasteiger partial charge in [-0.25, -0.2) is 4.39 Å². The van der Waals surface area contributed by atoms with Crippen LogP contribution in [-0.2, 0) is 11.2 Å². The Kier molecular flexibility index (Phi) is 9.28. The van der Waals surface area contributed by atoms with Gasteiger partial charge in [-0.1, -0.05) is 11.6 Å². The molecule has 2 atom stereocenters. The van der Waals surface area contributed by atoms with Crippen molar-refractivity contribution in [1.82, 2.24) is 10.6 Å². The van der Waals surface area contributed by atoms with Gasteiger partial charge in [0.05, 0.1) is 17.9 Å². The zero-order chi connectivity index (χ0) is 20.8. The number of guanidine groups is 1. The van der Waals surface area contributed by atoms with E-state index in [-0.39, 0.29) is 40.9 Å². The first kappa shape index (κ1) is 24.1. The first-order chi connectivity index (χ1) is 14.7. The SMILES string of the molecule is Fc1cc(N2CCC(NC(=NCC3CCOC3)NCCc3ccco3)C2)ccc1Cl.I. The van der Waals surface area contributed by atoms with E-state index in [1.54, 1.807) is 12.3 Å². The lowest BCUT2D eigenvalue weighted by Crippen LogP contribution is -2.45. The number of nitrogens with zero attached hydrogens (tertiary/aromatic N) is 2. The molecule has 2 N–H and O–H groups in total. The van der Waals surface area contributed by atoms with E-state index in [1.165, 1.54) is 6.07 Å². The van der Waals surface area contributed by atoms with E-state index in [2.05, 4.69) is 15.5 Å². The summed E-state index contributed by atoms with van der Waals surface area (Å²) < 4.78 is 24.7. The summed E-state index contributed by atoms with van der Waals surface area (Å²) in [7, 11) is 0. The summed E-state index contributed by atoms with van der Waals surface area (Å²) in [6.07, 6.45) is 4.49. The van der Waals surface area contributed by atoms with Crippen molar-refractivity contribution < 1.29 is 13.5 Å². The smallest absolute Gasteiger partial charge is 0.191 e. The molecule has 0 radical (unpaired) electrons. The number of rotatable bonds is 7. The minimum absolute atomic E-state index is 0. The third-order valence-corrected chi connectivity index (χ3v) is 5.88. The summed E-state index contributed by atoms with van der Waals surface area (Å²) in [4.78, 5) is 6.97. The third-order valence-electron chi connectivity index (χ3n) is 5.57. The molecule has 0 aliphatic carbocycles. The van der Waals surface area contributed by atoms with Gasteiger partial charge in [-0.05, 0) is 43.2 Å². The topological polar surface area (TPSA) is 62.0 Å². The Balaban J connectivity index is 0.00000272. The van der Waals surface area contributed by atoms with Crippen molar-refractivity contribution in [2.24, 2.45) is 10.9 Å². The Morgan fingerprint density at radius 1 is 1.29 bits per heavy atom.